The Morgan fingerprint density at radius 2 is 2.04 bits per heavy atom. The second-order valence-electron chi connectivity index (χ2n) is 6.50. The average molecular weight is 311 g/mol. The zero-order valence-corrected chi connectivity index (χ0v) is 13.3. The van der Waals surface area contributed by atoms with Crippen LogP contribution in [0.25, 0.3) is 0 Å². The van der Waals surface area contributed by atoms with Crippen molar-refractivity contribution in [1.82, 2.24) is 15.2 Å². The lowest BCUT2D eigenvalue weighted by molar-refractivity contribution is -0.133. The Bertz CT molecular complexity index is 696. The maximum atomic E-state index is 12.6. The minimum atomic E-state index is -0.237. The van der Waals surface area contributed by atoms with Crippen LogP contribution in [0, 0.1) is 0 Å². The monoisotopic (exact) mass is 311 g/mol. The quantitative estimate of drug-likeness (QED) is 0.922. The first-order valence-electron chi connectivity index (χ1n) is 8.24. The Hall–Kier alpha value is -2.14. The summed E-state index contributed by atoms with van der Waals surface area (Å²) in [5.41, 5.74) is 2.50. The lowest BCUT2D eigenvalue weighted by atomic mass is 10.1. The third-order valence-electron chi connectivity index (χ3n) is 4.60. The van der Waals surface area contributed by atoms with Crippen molar-refractivity contribution in [3.8, 4) is 0 Å². The second-order valence-corrected chi connectivity index (χ2v) is 6.50. The maximum absolute atomic E-state index is 12.6. The number of benzene rings is 1. The zero-order valence-electron chi connectivity index (χ0n) is 13.3. The Morgan fingerprint density at radius 1 is 1.35 bits per heavy atom. The van der Waals surface area contributed by atoms with Crippen molar-refractivity contribution in [3.63, 3.8) is 0 Å². The van der Waals surface area contributed by atoms with Crippen LogP contribution in [0.1, 0.15) is 48.5 Å². The zero-order chi connectivity index (χ0) is 15.8. The van der Waals surface area contributed by atoms with Crippen LogP contribution in [0.5, 0.6) is 0 Å². The van der Waals surface area contributed by atoms with E-state index in [1.54, 1.807) is 6.20 Å². The Morgan fingerprint density at radius 3 is 2.70 bits per heavy atom. The van der Waals surface area contributed by atoms with E-state index in [1.807, 2.05) is 24.0 Å². The molecule has 1 aromatic heterocycles. The van der Waals surface area contributed by atoms with Gasteiger partial charge in [0.05, 0.1) is 18.8 Å². The van der Waals surface area contributed by atoms with E-state index in [0.29, 0.717) is 25.6 Å². The van der Waals surface area contributed by atoms with E-state index < -0.39 is 0 Å². The van der Waals surface area contributed by atoms with Crippen molar-refractivity contribution in [2.75, 3.05) is 0 Å². The molecule has 0 saturated heterocycles. The number of hydrogen-bond acceptors (Lipinski definition) is 4. The van der Waals surface area contributed by atoms with Gasteiger partial charge in [0.1, 0.15) is 5.76 Å². The molecule has 0 unspecified atom stereocenters. The molecule has 1 fully saturated rings. The maximum Gasteiger partial charge on any atom is 0.240 e. The van der Waals surface area contributed by atoms with Crippen molar-refractivity contribution in [2.24, 2.45) is 0 Å². The number of hydrogen-bond donors (Lipinski definition) is 1. The number of rotatable bonds is 5. The molecule has 5 nitrogen and oxygen atoms in total. The number of carbonyl (C=O) groups is 1. The van der Waals surface area contributed by atoms with Gasteiger partial charge in [-0.15, -0.1) is 0 Å². The fourth-order valence-corrected chi connectivity index (χ4v) is 3.03. The van der Waals surface area contributed by atoms with E-state index in [9.17, 15) is 4.79 Å². The minimum absolute atomic E-state index is 0.128. The molecular formula is C18H21N3O2. The Labute approximate surface area is 135 Å². The van der Waals surface area contributed by atoms with Crippen molar-refractivity contribution in [3.05, 3.63) is 53.2 Å². The van der Waals surface area contributed by atoms with Gasteiger partial charge in [0.15, 0.2) is 5.89 Å². The molecule has 120 valence electrons. The van der Waals surface area contributed by atoms with Gasteiger partial charge in [0.25, 0.3) is 0 Å². The van der Waals surface area contributed by atoms with Gasteiger partial charge < -0.3 is 9.32 Å². The normalized spacial score (nSPS) is 18.0. The molecule has 1 amide bonds. The molecule has 1 aromatic carbocycles. The standard InChI is InChI=1S/C18H21N3O2/c1-12(19-8-16-9-20-17(23-16)13-6-7-13)18(22)21-10-14-4-2-3-5-15(14)11-21/h2-5,9,12-13,19H,6-8,10-11H2,1H3/t12-/m0/s1. The van der Waals surface area contributed by atoms with Gasteiger partial charge in [-0.3, -0.25) is 10.1 Å². The summed E-state index contributed by atoms with van der Waals surface area (Å²) in [6, 6.07) is 7.99. The second kappa shape index (κ2) is 5.81. The SMILES string of the molecule is C[C@H](NCc1cnc(C2CC2)o1)C(=O)N1Cc2ccccc2C1. The molecule has 0 spiro atoms. The molecule has 5 heteroatoms. The number of oxazole rings is 1. The predicted octanol–water partition coefficient (Wildman–Crippen LogP) is 2.57. The van der Waals surface area contributed by atoms with E-state index in [2.05, 4.69) is 22.4 Å². The van der Waals surface area contributed by atoms with Crippen LogP contribution in [-0.2, 0) is 24.4 Å². The van der Waals surface area contributed by atoms with Crippen LogP contribution in [0.2, 0.25) is 0 Å². The first-order chi connectivity index (χ1) is 11.2. The van der Waals surface area contributed by atoms with Crippen molar-refractivity contribution >= 4 is 5.91 Å². The van der Waals surface area contributed by atoms with Gasteiger partial charge in [-0.25, -0.2) is 4.98 Å². The summed E-state index contributed by atoms with van der Waals surface area (Å²) < 4.78 is 5.72. The molecule has 1 atom stereocenters. The van der Waals surface area contributed by atoms with Gasteiger partial charge in [0, 0.05) is 19.0 Å². The summed E-state index contributed by atoms with van der Waals surface area (Å²) in [5, 5.41) is 3.25. The first-order valence-corrected chi connectivity index (χ1v) is 8.24. The van der Waals surface area contributed by atoms with Crippen LogP contribution in [-0.4, -0.2) is 21.8 Å². The van der Waals surface area contributed by atoms with Crippen LogP contribution >= 0.6 is 0 Å². The summed E-state index contributed by atoms with van der Waals surface area (Å²) in [6.45, 7) is 3.85. The van der Waals surface area contributed by atoms with Crippen LogP contribution in [0.15, 0.2) is 34.9 Å². The lowest BCUT2D eigenvalue weighted by Gasteiger charge is -2.21. The predicted molar refractivity (Wildman–Crippen MR) is 85.5 cm³/mol. The average Bonchev–Trinajstić information content (AvgIpc) is 3.15. The number of aromatic nitrogens is 1. The van der Waals surface area contributed by atoms with Crippen LogP contribution in [0.3, 0.4) is 0 Å². The van der Waals surface area contributed by atoms with E-state index in [0.717, 1.165) is 11.7 Å². The lowest BCUT2D eigenvalue weighted by Crippen LogP contribution is -2.42. The minimum Gasteiger partial charge on any atom is -0.444 e. The fraction of sp³-hybridized carbons (Fsp3) is 0.444. The smallest absolute Gasteiger partial charge is 0.240 e. The highest BCUT2D eigenvalue weighted by atomic mass is 16.4. The van der Waals surface area contributed by atoms with Crippen LogP contribution < -0.4 is 5.32 Å². The number of nitrogens with one attached hydrogen (secondary N) is 1. The molecule has 0 bridgehead atoms. The number of nitrogens with zero attached hydrogens (tertiary/aromatic N) is 2. The van der Waals surface area contributed by atoms with Gasteiger partial charge in [-0.2, -0.15) is 0 Å². The number of carbonyl (C=O) groups excluding carboxylic acids is 1. The van der Waals surface area contributed by atoms with Gasteiger partial charge in [-0.05, 0) is 30.9 Å². The highest BCUT2D eigenvalue weighted by Gasteiger charge is 2.29. The molecule has 1 aliphatic heterocycles. The third kappa shape index (κ3) is 3.01. The fourth-order valence-electron chi connectivity index (χ4n) is 3.03. The molecule has 23 heavy (non-hydrogen) atoms. The topological polar surface area (TPSA) is 58.4 Å². The first kappa shape index (κ1) is 14.5. The Kier molecular flexibility index (Phi) is 3.65. The molecule has 1 saturated carbocycles. The van der Waals surface area contributed by atoms with Gasteiger partial charge >= 0.3 is 0 Å². The highest BCUT2D eigenvalue weighted by Crippen LogP contribution is 2.39. The molecule has 2 aromatic rings. The largest absolute Gasteiger partial charge is 0.444 e. The molecule has 4 rings (SSSR count). The molecular weight excluding hydrogens is 290 g/mol. The van der Waals surface area contributed by atoms with Crippen LogP contribution in [0.4, 0.5) is 0 Å². The van der Waals surface area contributed by atoms with E-state index >= 15 is 0 Å². The summed E-state index contributed by atoms with van der Waals surface area (Å²) in [7, 11) is 0. The number of fused-ring (bicyclic) bond motifs is 1. The summed E-state index contributed by atoms with van der Waals surface area (Å²) in [6.07, 6.45) is 4.12. The molecule has 1 aliphatic carbocycles. The summed E-state index contributed by atoms with van der Waals surface area (Å²) in [5.74, 6) is 2.29. The van der Waals surface area contributed by atoms with Gasteiger partial charge in [0.2, 0.25) is 5.91 Å². The van der Waals surface area contributed by atoms with E-state index in [4.69, 9.17) is 4.42 Å². The van der Waals surface area contributed by atoms with Crippen molar-refractivity contribution < 1.29 is 9.21 Å². The van der Waals surface area contributed by atoms with Crippen molar-refractivity contribution in [2.45, 2.75) is 51.4 Å². The highest BCUT2D eigenvalue weighted by molar-refractivity contribution is 5.82. The molecule has 0 radical (unpaired) electrons. The van der Waals surface area contributed by atoms with E-state index in [1.165, 1.54) is 24.0 Å². The molecule has 2 aliphatic rings. The number of amides is 1. The summed E-state index contributed by atoms with van der Waals surface area (Å²) >= 11 is 0. The van der Waals surface area contributed by atoms with E-state index in [-0.39, 0.29) is 11.9 Å². The molecule has 2 heterocycles. The van der Waals surface area contributed by atoms with Crippen molar-refractivity contribution in [1.29, 1.82) is 0 Å². The Balaban J connectivity index is 1.32. The summed E-state index contributed by atoms with van der Waals surface area (Å²) in [4.78, 5) is 18.8. The third-order valence-corrected chi connectivity index (χ3v) is 4.60. The van der Waals surface area contributed by atoms with Gasteiger partial charge in [-0.1, -0.05) is 24.3 Å². The molecule has 1 N–H and O–H groups in total.